The maximum Gasteiger partial charge on any atom is 0.256 e. The lowest BCUT2D eigenvalue weighted by Crippen LogP contribution is -1.98. The Kier molecular flexibility index (Phi) is 0.840. The number of aromatic nitrogens is 6. The average molecular weight is 160 g/mol. The Morgan fingerprint density at radius 1 is 1.17 bits per heavy atom. The summed E-state index contributed by atoms with van der Waals surface area (Å²) in [7, 11) is 0. The predicted octanol–water partition coefficient (Wildman–Crippen LogP) is -0.228. The molecule has 0 saturated heterocycles. The molecule has 6 nitrogen and oxygen atoms in total. The van der Waals surface area contributed by atoms with Crippen molar-refractivity contribution >= 4 is 11.4 Å². The van der Waals surface area contributed by atoms with Gasteiger partial charge in [-0.05, 0) is 0 Å². The first-order valence-corrected chi connectivity index (χ1v) is 3.43. The van der Waals surface area contributed by atoms with E-state index in [4.69, 9.17) is 0 Å². The molecule has 3 aromatic rings. The Balaban J connectivity index is 2.71. The summed E-state index contributed by atoms with van der Waals surface area (Å²) < 4.78 is 3.20. The highest BCUT2D eigenvalue weighted by molar-refractivity contribution is 5.42. The van der Waals surface area contributed by atoms with Crippen molar-refractivity contribution < 1.29 is 0 Å². The van der Waals surface area contributed by atoms with Crippen LogP contribution in [0.2, 0.25) is 0 Å². The molecule has 0 N–H and O–H groups in total. The standard InChI is InChI=1S/C6H4N6/c1-2-9-12-5(1)8-4-11-6(12)7-3-10-11/h1-4H. The van der Waals surface area contributed by atoms with Gasteiger partial charge in [0.25, 0.3) is 5.78 Å². The van der Waals surface area contributed by atoms with Crippen molar-refractivity contribution in [2.75, 3.05) is 0 Å². The molecule has 0 atom stereocenters. The monoisotopic (exact) mass is 160 g/mol. The fourth-order valence-electron chi connectivity index (χ4n) is 1.14. The van der Waals surface area contributed by atoms with E-state index in [1.165, 1.54) is 6.33 Å². The third-order valence-corrected chi connectivity index (χ3v) is 1.67. The minimum Gasteiger partial charge on any atom is -0.217 e. The lowest BCUT2D eigenvalue weighted by Gasteiger charge is -1.92. The summed E-state index contributed by atoms with van der Waals surface area (Å²) in [6, 6.07) is 1.81. The van der Waals surface area contributed by atoms with Crippen LogP contribution in [0.4, 0.5) is 0 Å². The molecule has 0 spiro atoms. The van der Waals surface area contributed by atoms with Crippen molar-refractivity contribution in [2.45, 2.75) is 0 Å². The van der Waals surface area contributed by atoms with Crippen LogP contribution in [-0.2, 0) is 0 Å². The molecule has 0 amide bonds. The third-order valence-electron chi connectivity index (χ3n) is 1.67. The highest BCUT2D eigenvalue weighted by Gasteiger charge is 2.01. The SMILES string of the molecule is c1nc2n(cnc3ccnn32)n1. The van der Waals surface area contributed by atoms with Crippen molar-refractivity contribution in [3.05, 3.63) is 24.9 Å². The molecule has 3 heterocycles. The second-order valence-electron chi connectivity index (χ2n) is 2.35. The largest absolute Gasteiger partial charge is 0.256 e. The predicted molar refractivity (Wildman–Crippen MR) is 39.5 cm³/mol. The van der Waals surface area contributed by atoms with E-state index < -0.39 is 0 Å². The first kappa shape index (κ1) is 5.64. The molecule has 0 radical (unpaired) electrons. The Morgan fingerprint density at radius 2 is 2.17 bits per heavy atom. The molecule has 0 bridgehead atoms. The van der Waals surface area contributed by atoms with Crippen molar-refractivity contribution in [1.82, 2.24) is 29.2 Å². The van der Waals surface area contributed by atoms with Crippen LogP contribution in [0.1, 0.15) is 0 Å². The fourth-order valence-corrected chi connectivity index (χ4v) is 1.14. The topological polar surface area (TPSA) is 60.4 Å². The van der Waals surface area contributed by atoms with E-state index in [0.29, 0.717) is 5.78 Å². The van der Waals surface area contributed by atoms with Crippen LogP contribution in [0.3, 0.4) is 0 Å². The summed E-state index contributed by atoms with van der Waals surface area (Å²) in [5.74, 6) is 0.671. The summed E-state index contributed by atoms with van der Waals surface area (Å²) in [6.07, 6.45) is 4.76. The number of hydrogen-bond donors (Lipinski definition) is 0. The molecule has 58 valence electrons. The van der Waals surface area contributed by atoms with Gasteiger partial charge in [0.05, 0.1) is 6.20 Å². The molecule has 0 aliphatic carbocycles. The van der Waals surface area contributed by atoms with E-state index in [2.05, 4.69) is 20.2 Å². The fraction of sp³-hybridized carbons (Fsp3) is 0. The summed E-state index contributed by atoms with van der Waals surface area (Å²) in [5.41, 5.74) is 0.774. The summed E-state index contributed by atoms with van der Waals surface area (Å²) in [4.78, 5) is 8.13. The lowest BCUT2D eigenvalue weighted by atomic mass is 10.7. The van der Waals surface area contributed by atoms with Crippen LogP contribution < -0.4 is 0 Å². The molecular weight excluding hydrogens is 156 g/mol. The van der Waals surface area contributed by atoms with Gasteiger partial charge in [-0.25, -0.2) is 4.98 Å². The van der Waals surface area contributed by atoms with Gasteiger partial charge >= 0.3 is 0 Å². The number of rotatable bonds is 0. The van der Waals surface area contributed by atoms with Gasteiger partial charge < -0.3 is 0 Å². The Labute approximate surface area is 66.5 Å². The van der Waals surface area contributed by atoms with Crippen LogP contribution in [0, 0.1) is 0 Å². The molecule has 12 heavy (non-hydrogen) atoms. The zero-order chi connectivity index (χ0) is 7.97. The van der Waals surface area contributed by atoms with Gasteiger partial charge in [-0.1, -0.05) is 0 Å². The maximum atomic E-state index is 4.10. The zero-order valence-electron chi connectivity index (χ0n) is 5.99. The summed E-state index contributed by atoms with van der Waals surface area (Å²) in [5, 5.41) is 7.98. The van der Waals surface area contributed by atoms with Gasteiger partial charge in [0.15, 0.2) is 5.65 Å². The normalized spacial score (nSPS) is 11.3. The number of hydrogen-bond acceptors (Lipinski definition) is 4. The van der Waals surface area contributed by atoms with Crippen LogP contribution in [-0.4, -0.2) is 29.2 Å². The second-order valence-corrected chi connectivity index (χ2v) is 2.35. The molecule has 0 aromatic carbocycles. The molecule has 0 fully saturated rings. The maximum absolute atomic E-state index is 4.10. The minimum atomic E-state index is 0.671. The first-order valence-electron chi connectivity index (χ1n) is 3.43. The van der Waals surface area contributed by atoms with Crippen LogP contribution in [0.25, 0.3) is 11.4 Å². The number of fused-ring (bicyclic) bond motifs is 3. The molecule has 3 aromatic heterocycles. The second kappa shape index (κ2) is 1.79. The van der Waals surface area contributed by atoms with Crippen molar-refractivity contribution in [2.24, 2.45) is 0 Å². The van der Waals surface area contributed by atoms with Crippen LogP contribution >= 0.6 is 0 Å². The molecule has 0 aliphatic heterocycles. The Morgan fingerprint density at radius 3 is 3.17 bits per heavy atom. The Bertz CT molecular complexity index is 485. The molecule has 3 rings (SSSR count). The zero-order valence-corrected chi connectivity index (χ0v) is 5.99. The van der Waals surface area contributed by atoms with Crippen LogP contribution in [0.15, 0.2) is 24.9 Å². The molecule has 0 aliphatic rings. The first-order chi connectivity index (χ1) is 5.95. The highest BCUT2D eigenvalue weighted by atomic mass is 15.4. The molecule has 0 saturated carbocycles. The lowest BCUT2D eigenvalue weighted by molar-refractivity contribution is 0.844. The van der Waals surface area contributed by atoms with E-state index in [0.717, 1.165) is 5.65 Å². The van der Waals surface area contributed by atoms with Crippen molar-refractivity contribution in [3.8, 4) is 0 Å². The summed E-state index contributed by atoms with van der Waals surface area (Å²) in [6.45, 7) is 0. The smallest absolute Gasteiger partial charge is 0.217 e. The average Bonchev–Trinajstić information content (AvgIpc) is 2.71. The van der Waals surface area contributed by atoms with Gasteiger partial charge in [-0.2, -0.15) is 24.2 Å². The van der Waals surface area contributed by atoms with Crippen molar-refractivity contribution in [1.29, 1.82) is 0 Å². The Hall–Kier alpha value is -1.98. The van der Waals surface area contributed by atoms with E-state index in [-0.39, 0.29) is 0 Å². The highest BCUT2D eigenvalue weighted by Crippen LogP contribution is 2.00. The minimum absolute atomic E-state index is 0.671. The number of nitrogens with zero attached hydrogens (tertiary/aromatic N) is 6. The van der Waals surface area contributed by atoms with Crippen molar-refractivity contribution in [3.63, 3.8) is 0 Å². The van der Waals surface area contributed by atoms with Gasteiger partial charge in [-0.15, -0.1) is 0 Å². The van der Waals surface area contributed by atoms with E-state index >= 15 is 0 Å². The van der Waals surface area contributed by atoms with E-state index in [9.17, 15) is 0 Å². The third kappa shape index (κ3) is 0.541. The van der Waals surface area contributed by atoms with E-state index in [1.54, 1.807) is 21.6 Å². The van der Waals surface area contributed by atoms with Crippen LogP contribution in [0.5, 0.6) is 0 Å². The quantitative estimate of drug-likeness (QED) is 0.456. The molecule has 0 unspecified atom stereocenters. The van der Waals surface area contributed by atoms with Gasteiger partial charge in [-0.3, -0.25) is 0 Å². The molecule has 6 heteroatoms. The van der Waals surface area contributed by atoms with Gasteiger partial charge in [0.2, 0.25) is 0 Å². The summed E-state index contributed by atoms with van der Waals surface area (Å²) >= 11 is 0. The van der Waals surface area contributed by atoms with Gasteiger partial charge in [0, 0.05) is 6.07 Å². The van der Waals surface area contributed by atoms with E-state index in [1.807, 2.05) is 6.07 Å². The van der Waals surface area contributed by atoms with Gasteiger partial charge in [0.1, 0.15) is 12.7 Å². The molecular formula is C6H4N6.